The van der Waals surface area contributed by atoms with E-state index >= 15 is 0 Å². The van der Waals surface area contributed by atoms with E-state index in [1.54, 1.807) is 7.11 Å². The monoisotopic (exact) mass is 210 g/mol. The lowest BCUT2D eigenvalue weighted by Gasteiger charge is -2.09. The van der Waals surface area contributed by atoms with Gasteiger partial charge < -0.3 is 9.72 Å². The highest BCUT2D eigenvalue weighted by molar-refractivity contribution is 7.71. The zero-order valence-corrected chi connectivity index (χ0v) is 9.28. The average molecular weight is 210 g/mol. The number of aromatic nitrogens is 2. The number of nitrogens with one attached hydrogen (secondary N) is 1. The Morgan fingerprint density at radius 2 is 2.36 bits per heavy atom. The minimum absolute atomic E-state index is 0.233. The molecule has 1 aromatic rings. The highest BCUT2D eigenvalue weighted by Gasteiger charge is 2.41. The molecule has 1 aliphatic rings. The summed E-state index contributed by atoms with van der Waals surface area (Å²) in [5.74, 6) is 1.01. The van der Waals surface area contributed by atoms with Gasteiger partial charge in [0.05, 0.1) is 6.61 Å². The van der Waals surface area contributed by atoms with Crippen LogP contribution in [0.25, 0.3) is 0 Å². The maximum Gasteiger partial charge on any atom is 0.130 e. The van der Waals surface area contributed by atoms with Crippen LogP contribution in [0.15, 0.2) is 6.07 Å². The summed E-state index contributed by atoms with van der Waals surface area (Å²) >= 11 is 5.11. The van der Waals surface area contributed by atoms with Crippen molar-refractivity contribution in [1.29, 1.82) is 0 Å². The van der Waals surface area contributed by atoms with Crippen molar-refractivity contribution in [3.63, 3.8) is 0 Å². The van der Waals surface area contributed by atoms with E-state index in [1.165, 1.54) is 12.8 Å². The van der Waals surface area contributed by atoms with E-state index in [1.807, 2.05) is 6.07 Å². The van der Waals surface area contributed by atoms with Crippen LogP contribution in [0, 0.1) is 4.64 Å². The molecule has 1 N–H and O–H groups in total. The van der Waals surface area contributed by atoms with Gasteiger partial charge >= 0.3 is 0 Å². The minimum Gasteiger partial charge on any atom is -0.378 e. The first-order valence-electron chi connectivity index (χ1n) is 4.74. The lowest BCUT2D eigenvalue weighted by Crippen LogP contribution is -2.09. The van der Waals surface area contributed by atoms with Crippen molar-refractivity contribution in [3.8, 4) is 0 Å². The first kappa shape index (κ1) is 9.80. The first-order chi connectivity index (χ1) is 6.64. The highest BCUT2D eigenvalue weighted by atomic mass is 32.1. The summed E-state index contributed by atoms with van der Waals surface area (Å²) in [4.78, 5) is 7.64. The van der Waals surface area contributed by atoms with Crippen molar-refractivity contribution in [2.24, 2.45) is 0 Å². The van der Waals surface area contributed by atoms with Gasteiger partial charge in [0.25, 0.3) is 0 Å². The summed E-state index contributed by atoms with van der Waals surface area (Å²) in [6.07, 6.45) is 2.39. The van der Waals surface area contributed by atoms with Gasteiger partial charge in [0, 0.05) is 18.2 Å². The normalized spacial score (nSPS) is 18.1. The number of H-pyrrole nitrogens is 1. The number of methoxy groups -OCH3 is 1. The van der Waals surface area contributed by atoms with Crippen LogP contribution in [0.3, 0.4) is 0 Å². The first-order valence-corrected chi connectivity index (χ1v) is 5.14. The molecule has 0 aromatic carbocycles. The zero-order valence-electron chi connectivity index (χ0n) is 8.46. The summed E-state index contributed by atoms with van der Waals surface area (Å²) in [7, 11) is 1.68. The van der Waals surface area contributed by atoms with Crippen molar-refractivity contribution in [2.45, 2.75) is 31.8 Å². The van der Waals surface area contributed by atoms with Gasteiger partial charge in [0.1, 0.15) is 10.5 Å². The molecule has 0 saturated heterocycles. The van der Waals surface area contributed by atoms with Gasteiger partial charge in [-0.25, -0.2) is 4.98 Å². The third-order valence-corrected chi connectivity index (χ3v) is 2.88. The second kappa shape index (κ2) is 3.44. The Balaban J connectivity index is 2.37. The van der Waals surface area contributed by atoms with Gasteiger partial charge in [-0.15, -0.1) is 0 Å². The molecule has 1 fully saturated rings. The maximum absolute atomic E-state index is 5.11. The fourth-order valence-corrected chi connectivity index (χ4v) is 1.68. The fourth-order valence-electron chi connectivity index (χ4n) is 1.45. The van der Waals surface area contributed by atoms with Crippen LogP contribution in [0.2, 0.25) is 0 Å². The van der Waals surface area contributed by atoms with E-state index in [0.29, 0.717) is 11.2 Å². The van der Waals surface area contributed by atoms with Crippen molar-refractivity contribution >= 4 is 12.2 Å². The standard InChI is InChI=1S/C10H14N2OS/c1-10(3-4-10)9-11-7(6-13-2)5-8(14)12-9/h5H,3-4,6H2,1-2H3,(H,11,12,14). The van der Waals surface area contributed by atoms with Crippen molar-refractivity contribution in [1.82, 2.24) is 9.97 Å². The van der Waals surface area contributed by atoms with E-state index < -0.39 is 0 Å². The van der Waals surface area contributed by atoms with Crippen LogP contribution in [0.4, 0.5) is 0 Å². The lowest BCUT2D eigenvalue weighted by atomic mass is 10.1. The molecule has 2 rings (SSSR count). The predicted octanol–water partition coefficient (Wildman–Crippen LogP) is 2.34. The van der Waals surface area contributed by atoms with E-state index in [0.717, 1.165) is 11.5 Å². The molecule has 14 heavy (non-hydrogen) atoms. The molecule has 0 bridgehead atoms. The fraction of sp³-hybridized carbons (Fsp3) is 0.600. The van der Waals surface area contributed by atoms with Crippen molar-refractivity contribution in [2.75, 3.05) is 7.11 Å². The Hall–Kier alpha value is -0.740. The zero-order chi connectivity index (χ0) is 10.2. The summed E-state index contributed by atoms with van der Waals surface area (Å²) in [5.41, 5.74) is 1.24. The average Bonchev–Trinajstić information content (AvgIpc) is 2.85. The predicted molar refractivity (Wildman–Crippen MR) is 56.7 cm³/mol. The molecule has 1 aliphatic carbocycles. The van der Waals surface area contributed by atoms with Gasteiger partial charge in [0.2, 0.25) is 0 Å². The van der Waals surface area contributed by atoms with Gasteiger partial charge in [-0.1, -0.05) is 19.1 Å². The molecule has 1 aromatic heterocycles. The molecule has 1 saturated carbocycles. The topological polar surface area (TPSA) is 37.9 Å². The SMILES string of the molecule is COCc1cc(=S)nc(C2(C)CC2)[nH]1. The Morgan fingerprint density at radius 3 is 2.93 bits per heavy atom. The van der Waals surface area contributed by atoms with Gasteiger partial charge in [-0.3, -0.25) is 0 Å². The molecule has 0 atom stereocenters. The molecule has 0 aliphatic heterocycles. The van der Waals surface area contributed by atoms with Crippen LogP contribution in [0.5, 0.6) is 0 Å². The molecular formula is C10H14N2OS. The van der Waals surface area contributed by atoms with Crippen LogP contribution in [-0.4, -0.2) is 17.1 Å². The van der Waals surface area contributed by atoms with E-state index in [2.05, 4.69) is 16.9 Å². The molecule has 0 unspecified atom stereocenters. The minimum atomic E-state index is 0.233. The van der Waals surface area contributed by atoms with Crippen molar-refractivity contribution in [3.05, 3.63) is 22.2 Å². The summed E-state index contributed by atoms with van der Waals surface area (Å²) in [5, 5.41) is 0. The molecule has 1 heterocycles. The number of rotatable bonds is 3. The summed E-state index contributed by atoms with van der Waals surface area (Å²) < 4.78 is 5.72. The quantitative estimate of drug-likeness (QED) is 0.778. The van der Waals surface area contributed by atoms with Gasteiger partial charge in [-0.05, 0) is 18.9 Å². The summed E-state index contributed by atoms with van der Waals surface area (Å²) in [6, 6.07) is 1.86. The summed E-state index contributed by atoms with van der Waals surface area (Å²) in [6.45, 7) is 2.77. The van der Waals surface area contributed by atoms with E-state index in [9.17, 15) is 0 Å². The Morgan fingerprint density at radius 1 is 1.64 bits per heavy atom. The highest BCUT2D eigenvalue weighted by Crippen LogP contribution is 2.45. The largest absolute Gasteiger partial charge is 0.378 e. The molecule has 0 amide bonds. The number of aromatic amines is 1. The van der Waals surface area contributed by atoms with Crippen LogP contribution >= 0.6 is 12.2 Å². The Bertz CT molecular complexity index is 395. The van der Waals surface area contributed by atoms with Crippen LogP contribution in [-0.2, 0) is 16.8 Å². The van der Waals surface area contributed by atoms with Crippen LogP contribution < -0.4 is 0 Å². The number of hydrogen-bond donors (Lipinski definition) is 1. The van der Waals surface area contributed by atoms with Crippen molar-refractivity contribution < 1.29 is 4.74 Å². The Kier molecular flexibility index (Phi) is 2.41. The molecule has 3 nitrogen and oxygen atoms in total. The third kappa shape index (κ3) is 1.86. The number of hydrogen-bond acceptors (Lipinski definition) is 3. The smallest absolute Gasteiger partial charge is 0.130 e. The van der Waals surface area contributed by atoms with E-state index in [4.69, 9.17) is 17.0 Å². The second-order valence-electron chi connectivity index (χ2n) is 4.09. The lowest BCUT2D eigenvalue weighted by molar-refractivity contribution is 0.181. The number of nitrogens with zero attached hydrogens (tertiary/aromatic N) is 1. The van der Waals surface area contributed by atoms with Crippen LogP contribution in [0.1, 0.15) is 31.3 Å². The molecule has 0 spiro atoms. The third-order valence-electron chi connectivity index (χ3n) is 2.67. The maximum atomic E-state index is 5.11. The van der Waals surface area contributed by atoms with E-state index in [-0.39, 0.29) is 5.41 Å². The van der Waals surface area contributed by atoms with Gasteiger partial charge in [-0.2, -0.15) is 0 Å². The molecular weight excluding hydrogens is 196 g/mol. The van der Waals surface area contributed by atoms with Gasteiger partial charge in [0.15, 0.2) is 0 Å². The Labute approximate surface area is 88.5 Å². The molecule has 0 radical (unpaired) electrons. The molecule has 76 valence electrons. The molecule has 4 heteroatoms. The second-order valence-corrected chi connectivity index (χ2v) is 4.51. The number of ether oxygens (including phenoxy) is 1.